The monoisotopic (exact) mass is 361 g/mol. The van der Waals surface area contributed by atoms with Crippen LogP contribution >= 0.6 is 23.4 Å². The lowest BCUT2D eigenvalue weighted by atomic mass is 10.0. The van der Waals surface area contributed by atoms with Crippen molar-refractivity contribution < 1.29 is 4.79 Å². The van der Waals surface area contributed by atoms with Crippen molar-refractivity contribution in [1.29, 1.82) is 0 Å². The molecule has 0 unspecified atom stereocenters. The summed E-state index contributed by atoms with van der Waals surface area (Å²) in [4.78, 5) is 13.3. The number of nitrogens with one attached hydrogen (secondary N) is 1. The summed E-state index contributed by atoms with van der Waals surface area (Å²) in [6, 6.07) is 14.2. The average Bonchev–Trinajstić information content (AvgIpc) is 2.53. The number of benzene rings is 2. The fourth-order valence-electron chi connectivity index (χ4n) is 2.66. The van der Waals surface area contributed by atoms with Crippen LogP contribution in [0.25, 0.3) is 0 Å². The van der Waals surface area contributed by atoms with Gasteiger partial charge in [0.1, 0.15) is 0 Å². The molecule has 0 aliphatic carbocycles. The summed E-state index contributed by atoms with van der Waals surface area (Å²) in [5.74, 6) is 1.03. The lowest BCUT2D eigenvalue weighted by Gasteiger charge is -2.17. The van der Waals surface area contributed by atoms with Gasteiger partial charge in [0, 0.05) is 16.3 Å². The van der Waals surface area contributed by atoms with Gasteiger partial charge in [0.25, 0.3) is 0 Å². The summed E-state index contributed by atoms with van der Waals surface area (Å²) in [5.41, 5.74) is 3.65. The lowest BCUT2D eigenvalue weighted by Crippen LogP contribution is -2.26. The van der Waals surface area contributed by atoms with Crippen LogP contribution in [0.2, 0.25) is 5.02 Å². The Morgan fingerprint density at radius 3 is 2.54 bits per heavy atom. The molecule has 128 valence electrons. The van der Waals surface area contributed by atoms with Crippen LogP contribution in [-0.2, 0) is 4.79 Å². The number of halogens is 1. The number of carbonyl (C=O) groups excluding carboxylic acids is 1. The molecule has 2 nitrogen and oxygen atoms in total. The minimum Gasteiger partial charge on any atom is -0.350 e. The molecular weight excluding hydrogens is 338 g/mol. The van der Waals surface area contributed by atoms with E-state index in [-0.39, 0.29) is 11.9 Å². The molecule has 1 N–H and O–H groups in total. The van der Waals surface area contributed by atoms with Gasteiger partial charge in [-0.15, -0.1) is 11.8 Å². The van der Waals surface area contributed by atoms with Gasteiger partial charge in [0.15, 0.2) is 0 Å². The van der Waals surface area contributed by atoms with Gasteiger partial charge in [-0.1, -0.05) is 35.4 Å². The predicted octanol–water partition coefficient (Wildman–Crippen LogP) is 5.71. The fraction of sp³-hybridized carbons (Fsp3) is 0.350. The highest BCUT2D eigenvalue weighted by atomic mass is 35.5. The summed E-state index contributed by atoms with van der Waals surface area (Å²) < 4.78 is 0. The van der Waals surface area contributed by atoms with E-state index in [1.165, 1.54) is 21.6 Å². The van der Waals surface area contributed by atoms with Gasteiger partial charge in [-0.3, -0.25) is 4.79 Å². The molecule has 0 heterocycles. The van der Waals surface area contributed by atoms with E-state index in [1.807, 2.05) is 31.2 Å². The Morgan fingerprint density at radius 2 is 1.88 bits per heavy atom. The maximum Gasteiger partial charge on any atom is 0.220 e. The van der Waals surface area contributed by atoms with Crippen LogP contribution in [0.4, 0.5) is 0 Å². The largest absolute Gasteiger partial charge is 0.350 e. The van der Waals surface area contributed by atoms with Crippen molar-refractivity contribution >= 4 is 29.3 Å². The van der Waals surface area contributed by atoms with Crippen molar-refractivity contribution in [3.05, 3.63) is 64.2 Å². The minimum absolute atomic E-state index is 0.0435. The van der Waals surface area contributed by atoms with Crippen LogP contribution in [0.1, 0.15) is 42.5 Å². The van der Waals surface area contributed by atoms with Crippen molar-refractivity contribution in [3.8, 4) is 0 Å². The van der Waals surface area contributed by atoms with E-state index >= 15 is 0 Å². The SMILES string of the molecule is Cc1ccc([C@@H](C)NC(=O)CCCSc2ccc(Cl)cc2)c(C)c1. The topological polar surface area (TPSA) is 29.1 Å². The highest BCUT2D eigenvalue weighted by Crippen LogP contribution is 2.22. The highest BCUT2D eigenvalue weighted by molar-refractivity contribution is 7.99. The Kier molecular flexibility index (Phi) is 7.19. The zero-order chi connectivity index (χ0) is 17.5. The Balaban J connectivity index is 1.73. The number of hydrogen-bond acceptors (Lipinski definition) is 2. The average molecular weight is 362 g/mol. The molecule has 0 fully saturated rings. The van der Waals surface area contributed by atoms with Gasteiger partial charge >= 0.3 is 0 Å². The van der Waals surface area contributed by atoms with Crippen LogP contribution in [-0.4, -0.2) is 11.7 Å². The van der Waals surface area contributed by atoms with Gasteiger partial charge < -0.3 is 5.32 Å². The standard InChI is InChI=1S/C20H24ClNOS/c1-14-6-11-19(15(2)13-14)16(3)22-20(23)5-4-12-24-18-9-7-17(21)8-10-18/h6-11,13,16H,4-5,12H2,1-3H3,(H,22,23)/t16-/m1/s1. The molecule has 0 radical (unpaired) electrons. The summed E-state index contributed by atoms with van der Waals surface area (Å²) in [6.07, 6.45) is 1.41. The van der Waals surface area contributed by atoms with Gasteiger partial charge in [-0.25, -0.2) is 0 Å². The molecule has 2 aromatic carbocycles. The second kappa shape index (κ2) is 9.14. The molecular formula is C20H24ClNOS. The first-order valence-corrected chi connectivity index (χ1v) is 9.57. The maximum absolute atomic E-state index is 12.1. The predicted molar refractivity (Wildman–Crippen MR) is 104 cm³/mol. The van der Waals surface area contributed by atoms with Gasteiger partial charge in [-0.2, -0.15) is 0 Å². The Morgan fingerprint density at radius 1 is 1.17 bits per heavy atom. The fourth-order valence-corrected chi connectivity index (χ4v) is 3.64. The van der Waals surface area contributed by atoms with E-state index in [9.17, 15) is 4.79 Å². The molecule has 0 saturated carbocycles. The highest BCUT2D eigenvalue weighted by Gasteiger charge is 2.11. The maximum atomic E-state index is 12.1. The molecule has 24 heavy (non-hydrogen) atoms. The molecule has 2 aromatic rings. The van der Waals surface area contributed by atoms with Crippen LogP contribution in [0.3, 0.4) is 0 Å². The quantitative estimate of drug-likeness (QED) is 0.505. The van der Waals surface area contributed by atoms with E-state index in [4.69, 9.17) is 11.6 Å². The third-order valence-corrected chi connectivity index (χ3v) is 5.25. The second-order valence-electron chi connectivity index (χ2n) is 6.06. The second-order valence-corrected chi connectivity index (χ2v) is 7.66. The van der Waals surface area contributed by atoms with Gasteiger partial charge in [0.2, 0.25) is 5.91 Å². The molecule has 1 amide bonds. The van der Waals surface area contributed by atoms with Crippen LogP contribution in [0.15, 0.2) is 47.4 Å². The molecule has 0 aliphatic heterocycles. The molecule has 0 bridgehead atoms. The van der Waals surface area contributed by atoms with Gasteiger partial charge in [-0.05, 0) is 68.3 Å². The first kappa shape index (κ1) is 18.9. The van der Waals surface area contributed by atoms with E-state index in [0.717, 1.165) is 17.2 Å². The van der Waals surface area contributed by atoms with E-state index in [0.29, 0.717) is 6.42 Å². The molecule has 1 atom stereocenters. The van der Waals surface area contributed by atoms with Crippen LogP contribution in [0.5, 0.6) is 0 Å². The normalized spacial score (nSPS) is 12.0. The summed E-state index contributed by atoms with van der Waals surface area (Å²) in [6.45, 7) is 6.21. The number of thioether (sulfide) groups is 1. The number of rotatable bonds is 7. The number of aryl methyl sites for hydroxylation is 2. The number of carbonyl (C=O) groups is 1. The third kappa shape index (κ3) is 5.88. The summed E-state index contributed by atoms with van der Waals surface area (Å²) >= 11 is 7.62. The lowest BCUT2D eigenvalue weighted by molar-refractivity contribution is -0.121. The molecule has 0 aliphatic rings. The van der Waals surface area contributed by atoms with E-state index in [2.05, 4.69) is 37.4 Å². The zero-order valence-corrected chi connectivity index (χ0v) is 16.0. The summed E-state index contributed by atoms with van der Waals surface area (Å²) in [7, 11) is 0. The van der Waals surface area contributed by atoms with Crippen molar-refractivity contribution in [2.75, 3.05) is 5.75 Å². The smallest absolute Gasteiger partial charge is 0.220 e. The van der Waals surface area contributed by atoms with Crippen molar-refractivity contribution in [2.45, 2.75) is 44.6 Å². The van der Waals surface area contributed by atoms with Crippen molar-refractivity contribution in [2.24, 2.45) is 0 Å². The minimum atomic E-state index is 0.0435. The van der Waals surface area contributed by atoms with E-state index in [1.54, 1.807) is 11.8 Å². The van der Waals surface area contributed by atoms with Gasteiger partial charge in [0.05, 0.1) is 6.04 Å². The molecule has 0 aromatic heterocycles. The summed E-state index contributed by atoms with van der Waals surface area (Å²) in [5, 5.41) is 3.85. The molecule has 4 heteroatoms. The van der Waals surface area contributed by atoms with E-state index < -0.39 is 0 Å². The number of hydrogen-bond donors (Lipinski definition) is 1. The number of amides is 1. The molecule has 0 spiro atoms. The first-order chi connectivity index (χ1) is 11.5. The Hall–Kier alpha value is -1.45. The Labute approximate surface area is 154 Å². The first-order valence-electron chi connectivity index (χ1n) is 8.20. The third-order valence-electron chi connectivity index (χ3n) is 3.90. The zero-order valence-electron chi connectivity index (χ0n) is 14.4. The van der Waals surface area contributed by atoms with Crippen molar-refractivity contribution in [1.82, 2.24) is 5.32 Å². The molecule has 0 saturated heterocycles. The van der Waals surface area contributed by atoms with Crippen LogP contribution < -0.4 is 5.32 Å². The van der Waals surface area contributed by atoms with Crippen molar-refractivity contribution in [3.63, 3.8) is 0 Å². The Bertz CT molecular complexity index is 685. The molecule has 2 rings (SSSR count). The van der Waals surface area contributed by atoms with Crippen LogP contribution in [0, 0.1) is 13.8 Å².